The van der Waals surface area contributed by atoms with E-state index in [0.717, 1.165) is 39.1 Å². The second-order valence-corrected chi connectivity index (χ2v) is 17.9. The maximum atomic E-state index is 5.10. The Bertz CT molecular complexity index is 4040. The molecule has 1 aliphatic carbocycles. The lowest BCUT2D eigenvalue weighted by Crippen LogP contribution is -2.28. The first-order valence-corrected chi connectivity index (χ1v) is 23.5. The number of benzene rings is 10. The Kier molecular flexibility index (Phi) is 8.73. The largest absolute Gasteiger partial charge is 0.307 e. The molecule has 3 aromatic heterocycles. The standard InChI is InChI=1S/C64H41N5/c1-5-19-42(20-6-1)61-65-62(43-21-7-2-8-22-43)67-63(66-61)44-33-35-46(36-34-44)64(45-23-9-3-10-24-45)55-30-16-13-27-49(55)50-38-37-48(41-56(50)64)69-58-32-18-15-29-52(58)54-40-39-53-51-28-14-17-31-57(51)68(59(53)60(54)69)47-25-11-4-12-26-47/h1-41H. The Morgan fingerprint density at radius 1 is 0.290 bits per heavy atom. The summed E-state index contributed by atoms with van der Waals surface area (Å²) in [6.07, 6.45) is 0. The van der Waals surface area contributed by atoms with Crippen LogP contribution in [0.2, 0.25) is 0 Å². The minimum atomic E-state index is -0.655. The molecule has 0 fully saturated rings. The van der Waals surface area contributed by atoms with E-state index in [4.69, 9.17) is 15.0 Å². The van der Waals surface area contributed by atoms with Crippen LogP contribution in [-0.4, -0.2) is 24.1 Å². The van der Waals surface area contributed by atoms with E-state index in [1.807, 2.05) is 36.4 Å². The number of fused-ring (bicyclic) bond motifs is 10. The van der Waals surface area contributed by atoms with Gasteiger partial charge in [0, 0.05) is 49.6 Å². The molecule has 0 saturated carbocycles. The third kappa shape index (κ3) is 5.87. The van der Waals surface area contributed by atoms with Crippen LogP contribution in [0.1, 0.15) is 22.3 Å². The van der Waals surface area contributed by atoms with Gasteiger partial charge >= 0.3 is 0 Å². The molecule has 14 rings (SSSR count). The third-order valence-electron chi connectivity index (χ3n) is 14.3. The molecule has 1 unspecified atom stereocenters. The quantitative estimate of drug-likeness (QED) is 0.160. The summed E-state index contributed by atoms with van der Waals surface area (Å²) >= 11 is 0. The fourth-order valence-electron chi connectivity index (χ4n) is 11.3. The van der Waals surface area contributed by atoms with Gasteiger partial charge in [-0.05, 0) is 69.8 Å². The topological polar surface area (TPSA) is 48.5 Å². The van der Waals surface area contributed by atoms with Crippen molar-refractivity contribution in [1.82, 2.24) is 24.1 Å². The summed E-state index contributed by atoms with van der Waals surface area (Å²) in [5.41, 5.74) is 16.4. The number of para-hydroxylation sites is 3. The van der Waals surface area contributed by atoms with E-state index in [-0.39, 0.29) is 0 Å². The van der Waals surface area contributed by atoms with Gasteiger partial charge in [-0.3, -0.25) is 0 Å². The van der Waals surface area contributed by atoms with Crippen LogP contribution in [0.4, 0.5) is 0 Å². The molecule has 0 N–H and O–H groups in total. The van der Waals surface area contributed by atoms with Crippen molar-refractivity contribution in [3.8, 4) is 56.7 Å². The summed E-state index contributed by atoms with van der Waals surface area (Å²) in [6, 6.07) is 89.6. The summed E-state index contributed by atoms with van der Waals surface area (Å²) in [7, 11) is 0. The molecule has 322 valence electrons. The average molecular weight is 880 g/mol. The Hall–Kier alpha value is -9.19. The van der Waals surface area contributed by atoms with Gasteiger partial charge in [0.15, 0.2) is 17.5 Å². The van der Waals surface area contributed by atoms with Crippen molar-refractivity contribution in [3.05, 3.63) is 271 Å². The molecule has 0 radical (unpaired) electrons. The first kappa shape index (κ1) is 39.0. The van der Waals surface area contributed by atoms with Crippen LogP contribution in [0, 0.1) is 0 Å². The fourth-order valence-corrected chi connectivity index (χ4v) is 11.3. The molecule has 1 aliphatic rings. The van der Waals surface area contributed by atoms with E-state index in [9.17, 15) is 0 Å². The number of aromatic nitrogens is 5. The third-order valence-corrected chi connectivity index (χ3v) is 14.3. The van der Waals surface area contributed by atoms with Gasteiger partial charge in [-0.25, -0.2) is 15.0 Å². The molecule has 5 nitrogen and oxygen atoms in total. The lowest BCUT2D eigenvalue weighted by atomic mass is 9.67. The molecule has 0 spiro atoms. The summed E-state index contributed by atoms with van der Waals surface area (Å²) in [5.74, 6) is 1.91. The van der Waals surface area contributed by atoms with Gasteiger partial charge in [0.2, 0.25) is 0 Å². The van der Waals surface area contributed by atoms with Crippen LogP contribution in [0.3, 0.4) is 0 Å². The van der Waals surface area contributed by atoms with Crippen LogP contribution in [-0.2, 0) is 5.41 Å². The van der Waals surface area contributed by atoms with Crippen molar-refractivity contribution >= 4 is 43.6 Å². The van der Waals surface area contributed by atoms with Crippen LogP contribution in [0.15, 0.2) is 249 Å². The van der Waals surface area contributed by atoms with E-state index in [0.29, 0.717) is 17.5 Å². The average Bonchev–Trinajstić information content (AvgIpc) is 4.06. The first-order chi connectivity index (χ1) is 34.2. The van der Waals surface area contributed by atoms with Gasteiger partial charge in [0.25, 0.3) is 0 Å². The van der Waals surface area contributed by atoms with E-state index >= 15 is 0 Å². The molecule has 10 aromatic carbocycles. The molecule has 3 heterocycles. The van der Waals surface area contributed by atoms with Crippen LogP contribution in [0.5, 0.6) is 0 Å². The predicted molar refractivity (Wildman–Crippen MR) is 282 cm³/mol. The minimum absolute atomic E-state index is 0.628. The molecule has 1 atom stereocenters. The Balaban J connectivity index is 1.02. The second-order valence-electron chi connectivity index (χ2n) is 17.9. The maximum Gasteiger partial charge on any atom is 0.164 e. The summed E-state index contributed by atoms with van der Waals surface area (Å²) in [6.45, 7) is 0. The molecule has 0 aliphatic heterocycles. The monoisotopic (exact) mass is 879 g/mol. The second kappa shape index (κ2) is 15.4. The molecular formula is C64H41N5. The first-order valence-electron chi connectivity index (χ1n) is 23.5. The van der Waals surface area contributed by atoms with Gasteiger partial charge in [-0.15, -0.1) is 0 Å². The minimum Gasteiger partial charge on any atom is -0.307 e. The summed E-state index contributed by atoms with van der Waals surface area (Å²) < 4.78 is 4.97. The molecule has 0 amide bonds. The number of hydrogen-bond donors (Lipinski definition) is 0. The molecule has 0 bridgehead atoms. The number of hydrogen-bond acceptors (Lipinski definition) is 3. The van der Waals surface area contributed by atoms with Crippen molar-refractivity contribution in [3.63, 3.8) is 0 Å². The van der Waals surface area contributed by atoms with Gasteiger partial charge in [-0.1, -0.05) is 212 Å². The van der Waals surface area contributed by atoms with Crippen molar-refractivity contribution in [2.75, 3.05) is 0 Å². The van der Waals surface area contributed by atoms with Crippen molar-refractivity contribution in [2.24, 2.45) is 0 Å². The number of nitrogens with zero attached hydrogens (tertiary/aromatic N) is 5. The normalized spacial score (nSPS) is 14.1. The Morgan fingerprint density at radius 3 is 1.30 bits per heavy atom. The van der Waals surface area contributed by atoms with Crippen molar-refractivity contribution < 1.29 is 0 Å². The van der Waals surface area contributed by atoms with E-state index in [1.54, 1.807) is 0 Å². The van der Waals surface area contributed by atoms with Gasteiger partial charge in [0.1, 0.15) is 0 Å². The smallest absolute Gasteiger partial charge is 0.164 e. The lowest BCUT2D eigenvalue weighted by Gasteiger charge is -2.34. The Labute approximate surface area is 398 Å². The zero-order valence-corrected chi connectivity index (χ0v) is 37.4. The molecular weight excluding hydrogens is 839 g/mol. The Morgan fingerprint density at radius 2 is 0.725 bits per heavy atom. The van der Waals surface area contributed by atoms with Crippen LogP contribution < -0.4 is 0 Å². The lowest BCUT2D eigenvalue weighted by molar-refractivity contribution is 0.767. The highest BCUT2D eigenvalue weighted by atomic mass is 15.1. The van der Waals surface area contributed by atoms with Gasteiger partial charge in [-0.2, -0.15) is 0 Å². The van der Waals surface area contributed by atoms with Gasteiger partial charge in [0.05, 0.1) is 27.5 Å². The summed E-state index contributed by atoms with van der Waals surface area (Å²) in [4.78, 5) is 15.2. The van der Waals surface area contributed by atoms with Crippen molar-refractivity contribution in [1.29, 1.82) is 0 Å². The predicted octanol–water partition coefficient (Wildman–Crippen LogP) is 15.4. The molecule has 13 aromatic rings. The van der Waals surface area contributed by atoms with E-state index < -0.39 is 5.41 Å². The molecule has 5 heteroatoms. The highest BCUT2D eigenvalue weighted by molar-refractivity contribution is 6.23. The number of rotatable bonds is 7. The SMILES string of the molecule is c1ccc(-c2nc(-c3ccccc3)nc(-c3ccc(C4(c5ccccc5)c5ccccc5-c5ccc(-n6c7ccccc7c7ccc8c9ccccc9n(-c9ccccc9)c8c76)cc54)cc3)n2)cc1. The van der Waals surface area contributed by atoms with Crippen LogP contribution in [0.25, 0.3) is 100 Å². The fraction of sp³-hybridized carbons (Fsp3) is 0.0156. The zero-order chi connectivity index (χ0) is 45.5. The van der Waals surface area contributed by atoms with E-state index in [2.05, 4.69) is 221 Å². The highest BCUT2D eigenvalue weighted by Crippen LogP contribution is 2.57. The van der Waals surface area contributed by atoms with E-state index in [1.165, 1.54) is 65.9 Å². The molecule has 0 saturated heterocycles. The van der Waals surface area contributed by atoms with Gasteiger partial charge < -0.3 is 9.13 Å². The zero-order valence-electron chi connectivity index (χ0n) is 37.4. The molecule has 69 heavy (non-hydrogen) atoms. The maximum absolute atomic E-state index is 5.10. The highest BCUT2D eigenvalue weighted by Gasteiger charge is 2.46. The van der Waals surface area contributed by atoms with Crippen LogP contribution >= 0.6 is 0 Å². The van der Waals surface area contributed by atoms with Crippen molar-refractivity contribution in [2.45, 2.75) is 5.41 Å². The summed E-state index contributed by atoms with van der Waals surface area (Å²) in [5, 5.41) is 4.90.